The van der Waals surface area contributed by atoms with E-state index in [-0.39, 0.29) is 36.7 Å². The van der Waals surface area contributed by atoms with Gasteiger partial charge in [-0.15, -0.1) is 0 Å². The molecule has 2 aromatic carbocycles. The van der Waals surface area contributed by atoms with E-state index in [2.05, 4.69) is 40.0 Å². The largest absolute Gasteiger partial charge is 0.350 e. The van der Waals surface area contributed by atoms with Gasteiger partial charge in [0.25, 0.3) is 5.92 Å². The minimum Gasteiger partial charge on any atom is -0.350 e. The molecular formula is C35H45F2N7O3. The number of nitrogens with one attached hydrogen (secondary N) is 2. The fourth-order valence-corrected chi connectivity index (χ4v) is 7.29. The lowest BCUT2D eigenvalue weighted by Crippen LogP contribution is -2.60. The first-order chi connectivity index (χ1) is 22.5. The molecule has 0 bridgehead atoms. The Bertz CT molecular complexity index is 1600. The number of alkyl halides is 2. The Morgan fingerprint density at radius 1 is 1.11 bits per heavy atom. The van der Waals surface area contributed by atoms with Gasteiger partial charge in [0, 0.05) is 45.7 Å². The fraction of sp³-hybridized carbons (Fsp3) is 0.543. The van der Waals surface area contributed by atoms with Crippen LogP contribution in [0.1, 0.15) is 36.0 Å². The summed E-state index contributed by atoms with van der Waals surface area (Å²) < 4.78 is 28.4. The zero-order chi connectivity index (χ0) is 33.3. The summed E-state index contributed by atoms with van der Waals surface area (Å²) in [6.45, 7) is 3.47. The van der Waals surface area contributed by atoms with Gasteiger partial charge >= 0.3 is 0 Å². The molecule has 0 saturated carbocycles. The van der Waals surface area contributed by atoms with Gasteiger partial charge in [-0.1, -0.05) is 35.9 Å². The van der Waals surface area contributed by atoms with Crippen LogP contribution in [0.5, 0.6) is 0 Å². The van der Waals surface area contributed by atoms with Crippen molar-refractivity contribution < 1.29 is 23.2 Å². The Labute approximate surface area is 274 Å². The van der Waals surface area contributed by atoms with Crippen LogP contribution < -0.4 is 10.6 Å². The number of piperidine rings is 1. The number of benzene rings is 2. The Hall–Kier alpha value is -3.90. The predicted molar refractivity (Wildman–Crippen MR) is 175 cm³/mol. The number of amides is 3. The molecule has 0 radical (unpaired) electrons. The molecular weight excluding hydrogens is 604 g/mol. The van der Waals surface area contributed by atoms with Crippen LogP contribution >= 0.6 is 0 Å². The van der Waals surface area contributed by atoms with E-state index in [0.29, 0.717) is 45.6 Å². The van der Waals surface area contributed by atoms with Crippen molar-refractivity contribution in [2.24, 2.45) is 18.9 Å². The quantitative estimate of drug-likeness (QED) is 0.351. The first-order valence-electron chi connectivity index (χ1n) is 16.6. The van der Waals surface area contributed by atoms with Crippen molar-refractivity contribution in [3.8, 4) is 0 Å². The minimum absolute atomic E-state index is 0.0826. The zero-order valence-corrected chi connectivity index (χ0v) is 27.4. The fourth-order valence-electron chi connectivity index (χ4n) is 7.29. The van der Waals surface area contributed by atoms with Crippen molar-refractivity contribution in [1.82, 2.24) is 35.1 Å². The summed E-state index contributed by atoms with van der Waals surface area (Å²) >= 11 is 0. The highest BCUT2D eigenvalue weighted by Gasteiger charge is 2.46. The summed E-state index contributed by atoms with van der Waals surface area (Å²) in [6, 6.07) is 12.9. The number of fused-ring (bicyclic) bond motifs is 1. The van der Waals surface area contributed by atoms with Crippen LogP contribution in [0, 0.1) is 18.8 Å². The average Bonchev–Trinajstić information content (AvgIpc) is 3.64. The van der Waals surface area contributed by atoms with Crippen molar-refractivity contribution in [2.75, 3.05) is 46.3 Å². The van der Waals surface area contributed by atoms with Crippen LogP contribution in [0.3, 0.4) is 0 Å². The molecule has 12 heteroatoms. The standard InChI is InChI=1S/C35H45F2N7O3/c1-23-6-8-24(9-7-23)15-26-17-30(32(45)39-18-25-10-11-29-27(16-25)19-40-42(29)3)44(20-26)34(47)31-28(5-4-12-38-31)33(46)41(2)13-14-43-21-35(36,37)22-43/h6-11,16,19,26,28,30-31,38H,4-5,12-15,17-18,20-22H2,1-3H3,(H,39,45)/t26-,28+,30+,31-/m1/s1. The first kappa shape index (κ1) is 33.0. The number of nitrogens with zero attached hydrogens (tertiary/aromatic N) is 5. The van der Waals surface area contributed by atoms with E-state index in [1.165, 1.54) is 5.56 Å². The summed E-state index contributed by atoms with van der Waals surface area (Å²) in [5.41, 5.74) is 4.27. The zero-order valence-electron chi connectivity index (χ0n) is 27.4. The lowest BCUT2D eigenvalue weighted by molar-refractivity contribution is -0.148. The summed E-state index contributed by atoms with van der Waals surface area (Å²) in [5.74, 6) is -3.79. The molecule has 1 aromatic heterocycles. The lowest BCUT2D eigenvalue weighted by atomic mass is 9.88. The second-order valence-corrected chi connectivity index (χ2v) is 13.7. The van der Waals surface area contributed by atoms with Gasteiger partial charge in [0.2, 0.25) is 17.7 Å². The van der Waals surface area contributed by atoms with E-state index in [4.69, 9.17) is 0 Å². The molecule has 6 rings (SSSR count). The Morgan fingerprint density at radius 3 is 2.60 bits per heavy atom. The third-order valence-corrected chi connectivity index (χ3v) is 9.98. The number of aryl methyl sites for hydroxylation is 2. The monoisotopic (exact) mass is 649 g/mol. The average molecular weight is 650 g/mol. The molecule has 0 aliphatic carbocycles. The Balaban J connectivity index is 1.15. The first-order valence-corrected chi connectivity index (χ1v) is 16.6. The lowest BCUT2D eigenvalue weighted by Gasteiger charge is -2.40. The number of likely N-dealkylation sites (N-methyl/N-ethyl adjacent to an activating group) is 1. The summed E-state index contributed by atoms with van der Waals surface area (Å²) in [5, 5.41) is 11.7. The van der Waals surface area contributed by atoms with E-state index in [9.17, 15) is 23.2 Å². The number of carbonyl (C=O) groups is 3. The topological polar surface area (TPSA) is 103 Å². The highest BCUT2D eigenvalue weighted by Crippen LogP contribution is 2.31. The van der Waals surface area contributed by atoms with Crippen LogP contribution in [-0.4, -0.2) is 107 Å². The molecule has 2 N–H and O–H groups in total. The van der Waals surface area contributed by atoms with Crippen molar-refractivity contribution in [1.29, 1.82) is 0 Å². The third-order valence-electron chi connectivity index (χ3n) is 9.98. The number of likely N-dealkylation sites (tertiary alicyclic amines) is 2. The SMILES string of the molecule is Cc1ccc(C[C@@H]2C[C@@H](C(=O)NCc3ccc4c(cnn4C)c3)N(C(=O)[C@@H]3NCCC[C@@H]3C(=O)N(C)CCN3CC(F)(F)C3)C2)cc1. The van der Waals surface area contributed by atoms with Gasteiger partial charge in [-0.2, -0.15) is 5.10 Å². The Morgan fingerprint density at radius 2 is 1.85 bits per heavy atom. The molecule has 3 saturated heterocycles. The van der Waals surface area contributed by atoms with E-state index in [1.54, 1.807) is 32.6 Å². The van der Waals surface area contributed by atoms with Crippen LogP contribution in [0.25, 0.3) is 10.9 Å². The van der Waals surface area contributed by atoms with Crippen LogP contribution in [0.15, 0.2) is 48.7 Å². The predicted octanol–water partition coefficient (Wildman–Crippen LogP) is 2.74. The molecule has 0 unspecified atom stereocenters. The molecule has 3 aliphatic heterocycles. The second kappa shape index (κ2) is 13.7. The maximum Gasteiger partial charge on any atom is 0.272 e. The normalized spacial score (nSPS) is 24.2. The number of halogens is 2. The number of hydrogen-bond donors (Lipinski definition) is 2. The molecule has 3 amide bonds. The van der Waals surface area contributed by atoms with Gasteiger partial charge in [-0.25, -0.2) is 8.78 Å². The molecule has 3 fully saturated rings. The van der Waals surface area contributed by atoms with Crippen LogP contribution in [0.4, 0.5) is 8.78 Å². The Kier molecular flexibility index (Phi) is 9.61. The second-order valence-electron chi connectivity index (χ2n) is 13.7. The minimum atomic E-state index is -2.66. The third kappa shape index (κ3) is 7.49. The molecule has 47 heavy (non-hydrogen) atoms. The van der Waals surface area contributed by atoms with E-state index in [0.717, 1.165) is 34.9 Å². The number of carbonyl (C=O) groups excluding carboxylic acids is 3. The number of aromatic nitrogens is 2. The van der Waals surface area contributed by atoms with Gasteiger partial charge in [0.05, 0.1) is 36.8 Å². The van der Waals surface area contributed by atoms with E-state index in [1.807, 2.05) is 32.2 Å². The van der Waals surface area contributed by atoms with Gasteiger partial charge in [-0.05, 0) is 68.3 Å². The number of rotatable bonds is 10. The summed E-state index contributed by atoms with van der Waals surface area (Å²) in [7, 11) is 3.56. The molecule has 3 aliphatic rings. The van der Waals surface area contributed by atoms with Gasteiger partial charge in [-0.3, -0.25) is 24.0 Å². The smallest absolute Gasteiger partial charge is 0.272 e. The van der Waals surface area contributed by atoms with E-state index < -0.39 is 23.9 Å². The molecule has 3 aromatic rings. The molecule has 10 nitrogen and oxygen atoms in total. The summed E-state index contributed by atoms with van der Waals surface area (Å²) in [4.78, 5) is 46.6. The molecule has 252 valence electrons. The van der Waals surface area contributed by atoms with Crippen LogP contribution in [-0.2, 0) is 34.4 Å². The van der Waals surface area contributed by atoms with E-state index >= 15 is 0 Å². The van der Waals surface area contributed by atoms with Crippen molar-refractivity contribution in [3.63, 3.8) is 0 Å². The van der Waals surface area contributed by atoms with Crippen molar-refractivity contribution in [3.05, 3.63) is 65.4 Å². The van der Waals surface area contributed by atoms with Gasteiger partial charge in [0.15, 0.2) is 0 Å². The van der Waals surface area contributed by atoms with Gasteiger partial charge in [0.1, 0.15) is 6.04 Å². The molecule has 0 spiro atoms. The van der Waals surface area contributed by atoms with Gasteiger partial charge < -0.3 is 20.4 Å². The highest BCUT2D eigenvalue weighted by atomic mass is 19.3. The summed E-state index contributed by atoms with van der Waals surface area (Å²) in [6.07, 6.45) is 4.35. The van der Waals surface area contributed by atoms with Crippen LogP contribution in [0.2, 0.25) is 0 Å². The van der Waals surface area contributed by atoms with Crippen molar-refractivity contribution >= 4 is 28.6 Å². The maximum absolute atomic E-state index is 14.3. The molecule has 4 heterocycles. The van der Waals surface area contributed by atoms with Crippen molar-refractivity contribution in [2.45, 2.75) is 57.2 Å². The number of hydrogen-bond acceptors (Lipinski definition) is 6. The highest BCUT2D eigenvalue weighted by molar-refractivity contribution is 5.94. The maximum atomic E-state index is 14.3. The molecule has 4 atom stereocenters.